The summed E-state index contributed by atoms with van der Waals surface area (Å²) in [4.78, 5) is 12.7. The van der Waals surface area contributed by atoms with Crippen molar-refractivity contribution in [1.29, 1.82) is 0 Å². The fourth-order valence-electron chi connectivity index (χ4n) is 3.31. The van der Waals surface area contributed by atoms with Gasteiger partial charge in [-0.25, -0.2) is 4.68 Å². The number of nitrogens with zero attached hydrogens (tertiary/aromatic N) is 4. The molecule has 10 heteroatoms. The van der Waals surface area contributed by atoms with Crippen LogP contribution in [0.5, 0.6) is 5.75 Å². The van der Waals surface area contributed by atoms with Crippen LogP contribution in [0.25, 0.3) is 0 Å². The maximum atomic E-state index is 12.7. The Kier molecular flexibility index (Phi) is 7.54. The number of ether oxygens (including phenoxy) is 1. The molecule has 2 aromatic carbocycles. The van der Waals surface area contributed by atoms with Crippen molar-refractivity contribution >= 4 is 50.9 Å². The number of rotatable bonds is 7. The summed E-state index contributed by atoms with van der Waals surface area (Å²) in [5.41, 5.74) is 2.42. The largest absolute Gasteiger partial charge is 0.471 e. The van der Waals surface area contributed by atoms with Gasteiger partial charge < -0.3 is 10.1 Å². The van der Waals surface area contributed by atoms with Crippen molar-refractivity contribution in [3.63, 3.8) is 0 Å². The first-order valence-corrected chi connectivity index (χ1v) is 12.4. The van der Waals surface area contributed by atoms with Crippen molar-refractivity contribution in [2.45, 2.75) is 39.5 Å². The molecule has 0 atom stereocenters. The molecule has 0 unspecified atom stereocenters. The second kappa shape index (κ2) is 10.4. The summed E-state index contributed by atoms with van der Waals surface area (Å²) in [5, 5.41) is 12.6. The van der Waals surface area contributed by atoms with E-state index in [-0.39, 0.29) is 23.7 Å². The Balaban J connectivity index is 1.36. The third-order valence-electron chi connectivity index (χ3n) is 5.25. The number of halogens is 3. The lowest BCUT2D eigenvalue weighted by Gasteiger charge is -2.19. The molecular weight excluding hydrogens is 553 g/mol. The van der Waals surface area contributed by atoms with Gasteiger partial charge in [-0.2, -0.15) is 10.2 Å². The minimum atomic E-state index is -0.381. The molecule has 1 amide bonds. The molecule has 2 heterocycles. The molecule has 0 aliphatic heterocycles. The highest BCUT2D eigenvalue weighted by Gasteiger charge is 2.16. The van der Waals surface area contributed by atoms with E-state index in [2.05, 4.69) is 64.3 Å². The first-order chi connectivity index (χ1) is 16.6. The number of hydrogen-bond donors (Lipinski definition) is 1. The lowest BCUT2D eigenvalue weighted by molar-refractivity contribution is 0.101. The summed E-state index contributed by atoms with van der Waals surface area (Å²) in [7, 11) is 0. The molecule has 0 aliphatic carbocycles. The molecule has 0 aliphatic rings. The van der Waals surface area contributed by atoms with E-state index in [1.165, 1.54) is 5.56 Å². The zero-order chi connectivity index (χ0) is 25.2. The fraction of sp³-hybridized carbons (Fsp3) is 0.240. The third-order valence-corrected chi connectivity index (χ3v) is 6.42. The van der Waals surface area contributed by atoms with E-state index in [4.69, 9.17) is 27.9 Å². The second-order valence-electron chi connectivity index (χ2n) is 9.00. The van der Waals surface area contributed by atoms with Gasteiger partial charge in [0.1, 0.15) is 5.75 Å². The molecule has 0 fully saturated rings. The normalized spacial score (nSPS) is 11.5. The van der Waals surface area contributed by atoms with E-state index >= 15 is 0 Å². The Hall–Kier alpha value is -2.81. The summed E-state index contributed by atoms with van der Waals surface area (Å²) in [5.74, 6) is 0.730. The zero-order valence-electron chi connectivity index (χ0n) is 19.4. The first-order valence-electron chi connectivity index (χ1n) is 10.8. The van der Waals surface area contributed by atoms with Gasteiger partial charge in [0.05, 0.1) is 11.0 Å². The summed E-state index contributed by atoms with van der Waals surface area (Å²) in [6, 6.07) is 14.9. The Bertz CT molecular complexity index is 1340. The fourth-order valence-corrected chi connectivity index (χ4v) is 4.19. The van der Waals surface area contributed by atoms with Gasteiger partial charge in [0.2, 0.25) is 0 Å². The van der Waals surface area contributed by atoms with E-state index in [0.717, 1.165) is 11.3 Å². The molecule has 182 valence electrons. The second-order valence-corrected chi connectivity index (χ2v) is 10.7. The van der Waals surface area contributed by atoms with Crippen LogP contribution in [-0.2, 0) is 18.7 Å². The minimum Gasteiger partial charge on any atom is -0.471 e. The van der Waals surface area contributed by atoms with Gasteiger partial charge in [-0.15, -0.1) is 0 Å². The van der Waals surface area contributed by atoms with Gasteiger partial charge in [0.15, 0.2) is 18.2 Å². The van der Waals surface area contributed by atoms with E-state index in [1.807, 2.05) is 18.2 Å². The van der Waals surface area contributed by atoms with Crippen LogP contribution in [0.4, 0.5) is 5.82 Å². The van der Waals surface area contributed by atoms with E-state index in [0.29, 0.717) is 26.9 Å². The van der Waals surface area contributed by atoms with Gasteiger partial charge in [-0.05, 0) is 62.8 Å². The molecule has 35 heavy (non-hydrogen) atoms. The third kappa shape index (κ3) is 6.45. The van der Waals surface area contributed by atoms with Crippen molar-refractivity contribution in [2.75, 3.05) is 5.32 Å². The maximum Gasteiger partial charge on any atom is 0.277 e. The molecular formula is C25H24BrCl2N5O2. The van der Waals surface area contributed by atoms with Crippen molar-refractivity contribution < 1.29 is 9.53 Å². The molecule has 4 rings (SSSR count). The number of benzene rings is 2. The average molecular weight is 577 g/mol. The topological polar surface area (TPSA) is 74.0 Å². The molecule has 0 spiro atoms. The van der Waals surface area contributed by atoms with Crippen molar-refractivity contribution in [3.8, 4) is 5.75 Å². The van der Waals surface area contributed by atoms with Gasteiger partial charge in [-0.3, -0.25) is 9.48 Å². The predicted molar refractivity (Wildman–Crippen MR) is 141 cm³/mol. The number of nitrogens with one attached hydrogen (secondary N) is 1. The molecule has 0 bridgehead atoms. The summed E-state index contributed by atoms with van der Waals surface area (Å²) >= 11 is 15.7. The van der Waals surface area contributed by atoms with Crippen LogP contribution in [-0.4, -0.2) is 25.5 Å². The maximum absolute atomic E-state index is 12.7. The minimum absolute atomic E-state index is 0.0799. The summed E-state index contributed by atoms with van der Waals surface area (Å²) in [6.45, 7) is 7.10. The standard InChI is InChI=1S/C25H24BrCl2N5O2/c1-25(2,3)17-5-8-19(9-6-17)35-15-32-11-10-22(30-32)24(34)29-23-20(26)14-33(31-23)13-16-4-7-18(27)12-21(16)28/h4-12,14H,13,15H2,1-3H3,(H,29,31,34). The highest BCUT2D eigenvalue weighted by atomic mass is 79.9. The number of anilines is 1. The van der Waals surface area contributed by atoms with E-state index in [9.17, 15) is 4.79 Å². The highest BCUT2D eigenvalue weighted by molar-refractivity contribution is 9.10. The van der Waals surface area contributed by atoms with Crippen LogP contribution in [0.1, 0.15) is 42.4 Å². The number of carbonyl (C=O) groups is 1. The van der Waals surface area contributed by atoms with Gasteiger partial charge in [0.25, 0.3) is 5.91 Å². The van der Waals surface area contributed by atoms with Crippen molar-refractivity contribution in [1.82, 2.24) is 19.6 Å². The quantitative estimate of drug-likeness (QED) is 0.263. The van der Waals surface area contributed by atoms with Crippen LogP contribution in [0.15, 0.2) is 65.4 Å². The molecule has 2 aromatic heterocycles. The monoisotopic (exact) mass is 575 g/mol. The highest BCUT2D eigenvalue weighted by Crippen LogP contribution is 2.26. The number of carbonyl (C=O) groups excluding carboxylic acids is 1. The summed E-state index contributed by atoms with van der Waals surface area (Å²) < 4.78 is 9.66. The SMILES string of the molecule is CC(C)(C)c1ccc(OCn2ccc(C(=O)Nc3nn(Cc4ccc(Cl)cc4Cl)cc3Br)n2)cc1. The van der Waals surface area contributed by atoms with Crippen LogP contribution in [0, 0.1) is 0 Å². The Morgan fingerprint density at radius 3 is 2.49 bits per heavy atom. The summed E-state index contributed by atoms with van der Waals surface area (Å²) in [6.07, 6.45) is 3.45. The lowest BCUT2D eigenvalue weighted by atomic mass is 9.87. The van der Waals surface area contributed by atoms with Gasteiger partial charge in [-0.1, -0.05) is 62.2 Å². The van der Waals surface area contributed by atoms with Crippen molar-refractivity contribution in [3.05, 3.63) is 92.3 Å². The number of aromatic nitrogens is 4. The first kappa shape index (κ1) is 25.3. The Morgan fingerprint density at radius 1 is 1.06 bits per heavy atom. The average Bonchev–Trinajstić information content (AvgIpc) is 3.41. The molecule has 0 saturated heterocycles. The van der Waals surface area contributed by atoms with Crippen LogP contribution in [0.3, 0.4) is 0 Å². The molecule has 0 radical (unpaired) electrons. The Labute approximate surface area is 222 Å². The van der Waals surface area contributed by atoms with Gasteiger partial charge >= 0.3 is 0 Å². The zero-order valence-corrected chi connectivity index (χ0v) is 22.5. The number of hydrogen-bond acceptors (Lipinski definition) is 4. The van der Waals surface area contributed by atoms with Crippen LogP contribution in [0.2, 0.25) is 10.0 Å². The van der Waals surface area contributed by atoms with Crippen LogP contribution >= 0.6 is 39.1 Å². The van der Waals surface area contributed by atoms with E-state index in [1.54, 1.807) is 40.0 Å². The van der Waals surface area contributed by atoms with Gasteiger partial charge in [0, 0.05) is 22.4 Å². The smallest absolute Gasteiger partial charge is 0.277 e. The van der Waals surface area contributed by atoms with Crippen LogP contribution < -0.4 is 10.1 Å². The molecule has 7 nitrogen and oxygen atoms in total. The Morgan fingerprint density at radius 2 is 1.80 bits per heavy atom. The lowest BCUT2D eigenvalue weighted by Crippen LogP contribution is -2.15. The molecule has 0 saturated carbocycles. The molecule has 1 N–H and O–H groups in total. The van der Waals surface area contributed by atoms with Crippen molar-refractivity contribution in [2.24, 2.45) is 0 Å². The predicted octanol–water partition coefficient (Wildman–Crippen LogP) is 6.78. The molecule has 4 aromatic rings. The van der Waals surface area contributed by atoms with E-state index < -0.39 is 0 Å². The number of amides is 1.